The van der Waals surface area contributed by atoms with Gasteiger partial charge in [0.1, 0.15) is 5.75 Å². The zero-order chi connectivity index (χ0) is 35.5. The third kappa shape index (κ3) is 8.37. The lowest BCUT2D eigenvalue weighted by Crippen LogP contribution is -2.58. The van der Waals surface area contributed by atoms with Crippen molar-refractivity contribution in [3.63, 3.8) is 0 Å². The quantitative estimate of drug-likeness (QED) is 0.127. The minimum atomic E-state index is -4.08. The van der Waals surface area contributed by atoms with E-state index >= 15 is 0 Å². The molecular weight excluding hydrogens is 651 g/mol. The maximum atomic E-state index is 12.4. The third-order valence-corrected chi connectivity index (χ3v) is 14.8. The van der Waals surface area contributed by atoms with Gasteiger partial charge < -0.3 is 19.9 Å². The van der Waals surface area contributed by atoms with Crippen LogP contribution in [0, 0.1) is 46.3 Å². The molecule has 0 spiro atoms. The van der Waals surface area contributed by atoms with Crippen LogP contribution in [0.5, 0.6) is 5.75 Å². The Morgan fingerprint density at radius 1 is 0.940 bits per heavy atom. The molecule has 0 aromatic heterocycles. The van der Waals surface area contributed by atoms with E-state index in [0.717, 1.165) is 76.8 Å². The molecule has 9 heteroatoms. The van der Waals surface area contributed by atoms with Crippen molar-refractivity contribution in [1.82, 2.24) is 5.32 Å². The maximum Gasteiger partial charge on any atom is 0.266 e. The Labute approximate surface area is 300 Å². The van der Waals surface area contributed by atoms with Gasteiger partial charge in [-0.1, -0.05) is 51.1 Å². The average Bonchev–Trinajstić information content (AvgIpc) is 3.44. The zero-order valence-corrected chi connectivity index (χ0v) is 31.3. The molecule has 4 aliphatic rings. The van der Waals surface area contributed by atoms with Gasteiger partial charge in [0.2, 0.25) is 5.91 Å². The number of aliphatic hydroxyl groups excluding tert-OH is 1. The van der Waals surface area contributed by atoms with Gasteiger partial charge in [-0.15, -0.1) is 0 Å². The van der Waals surface area contributed by atoms with Crippen LogP contribution in [0.25, 0.3) is 10.8 Å². The zero-order valence-electron chi connectivity index (χ0n) is 30.5. The molecular formula is C41H61NO7S. The number of aliphatic hydroxyl groups is 1. The van der Waals surface area contributed by atoms with E-state index in [1.807, 2.05) is 0 Å². The second-order valence-electron chi connectivity index (χ2n) is 16.9. The Bertz CT molecular complexity index is 1560. The lowest BCUT2D eigenvalue weighted by atomic mass is 9.43. The minimum Gasteiger partial charge on any atom is -0.494 e. The largest absolute Gasteiger partial charge is 0.494 e. The molecule has 0 saturated heterocycles. The number of nitrogens with one attached hydrogen (secondary N) is 1. The molecule has 4 saturated carbocycles. The van der Waals surface area contributed by atoms with Crippen molar-refractivity contribution in [2.45, 2.75) is 116 Å². The lowest BCUT2D eigenvalue weighted by Gasteiger charge is -2.62. The monoisotopic (exact) mass is 711 g/mol. The molecule has 2 aromatic carbocycles. The number of rotatable bonds is 15. The highest BCUT2D eigenvalue weighted by Gasteiger charge is 2.63. The second-order valence-corrected chi connectivity index (χ2v) is 18.4. The first kappa shape index (κ1) is 37.6. The Kier molecular flexibility index (Phi) is 11.9. The molecule has 2 aromatic rings. The highest BCUT2D eigenvalue weighted by atomic mass is 32.2. The summed E-state index contributed by atoms with van der Waals surface area (Å²) in [5.41, 5.74) is 0.433. The maximum absolute atomic E-state index is 12.4. The third-order valence-electron chi connectivity index (χ3n) is 14.0. The summed E-state index contributed by atoms with van der Waals surface area (Å²) in [5.74, 6) is 3.15. The van der Waals surface area contributed by atoms with Gasteiger partial charge in [-0.3, -0.25) is 9.35 Å². The van der Waals surface area contributed by atoms with Crippen molar-refractivity contribution in [2.24, 2.45) is 46.3 Å². The van der Waals surface area contributed by atoms with Gasteiger partial charge in [0, 0.05) is 19.6 Å². The highest BCUT2D eigenvalue weighted by Crippen LogP contribution is 2.68. The van der Waals surface area contributed by atoms with E-state index in [1.165, 1.54) is 30.0 Å². The van der Waals surface area contributed by atoms with E-state index in [1.54, 1.807) is 0 Å². The molecule has 1 amide bonds. The Morgan fingerprint density at radius 2 is 1.68 bits per heavy atom. The van der Waals surface area contributed by atoms with E-state index < -0.39 is 15.9 Å². The number of unbranched alkanes of at least 4 members (excludes halogenated alkanes) is 2. The molecule has 0 heterocycles. The van der Waals surface area contributed by atoms with Crippen molar-refractivity contribution < 1.29 is 32.3 Å². The average molecular weight is 712 g/mol. The molecule has 4 aliphatic carbocycles. The SMILES string of the molecule is C[C@H](CCC(=O)NCCS(=O)(=O)O)[C@H]1CC[C@@H]2C3[C@@H](CC[C@@]21C)[C@@]1(C)CC[C@H](OCCCCCOc2ccc4ccccc4c2)CC1C[C@@H]3O. The van der Waals surface area contributed by atoms with Gasteiger partial charge in [-0.25, -0.2) is 0 Å². The fourth-order valence-electron chi connectivity index (χ4n) is 11.4. The number of ether oxygens (including phenoxy) is 2. The van der Waals surface area contributed by atoms with Gasteiger partial charge in [0.25, 0.3) is 10.1 Å². The fourth-order valence-corrected chi connectivity index (χ4v) is 11.7. The van der Waals surface area contributed by atoms with Crippen LogP contribution >= 0.6 is 0 Å². The van der Waals surface area contributed by atoms with Crippen LogP contribution < -0.4 is 10.1 Å². The van der Waals surface area contributed by atoms with Gasteiger partial charge >= 0.3 is 0 Å². The summed E-state index contributed by atoms with van der Waals surface area (Å²) in [6.07, 6.45) is 13.2. The molecule has 2 unspecified atom stereocenters. The standard InChI is InChI=1S/C41H61NO7S/c1-28(11-16-38(44)42-21-24-50(45,46)47)34-14-15-35-39-36(18-20-41(34,35)3)40(2)19-17-33(26-31(40)27-37(39)43)49-23-8-4-7-22-48-32-13-12-29-9-5-6-10-30(29)25-32/h5-6,9-10,12-13,25,28,31,33-37,39,43H,4,7-8,11,14-24,26-27H2,1-3H3,(H,42,44)(H,45,46,47)/t28-,31?,33+,34-,35-,36-,37+,39?,40+,41-/m1/s1. The van der Waals surface area contributed by atoms with Crippen molar-refractivity contribution >= 4 is 26.8 Å². The smallest absolute Gasteiger partial charge is 0.266 e. The van der Waals surface area contributed by atoms with Crippen LogP contribution in [-0.2, 0) is 19.6 Å². The van der Waals surface area contributed by atoms with E-state index in [9.17, 15) is 18.3 Å². The van der Waals surface area contributed by atoms with Crippen molar-refractivity contribution in [3.8, 4) is 5.75 Å². The number of benzene rings is 2. The number of amides is 1. The molecule has 50 heavy (non-hydrogen) atoms. The van der Waals surface area contributed by atoms with Crippen LogP contribution in [-0.4, -0.2) is 61.7 Å². The highest BCUT2D eigenvalue weighted by molar-refractivity contribution is 7.85. The number of fused-ring (bicyclic) bond motifs is 6. The van der Waals surface area contributed by atoms with Crippen molar-refractivity contribution in [3.05, 3.63) is 42.5 Å². The molecule has 6 rings (SSSR count). The van der Waals surface area contributed by atoms with Gasteiger partial charge in [0.05, 0.1) is 24.6 Å². The summed E-state index contributed by atoms with van der Waals surface area (Å²) >= 11 is 0. The molecule has 0 bridgehead atoms. The minimum absolute atomic E-state index is 0.0630. The number of carbonyl (C=O) groups is 1. The number of carbonyl (C=O) groups excluding carboxylic acids is 1. The Balaban J connectivity index is 0.934. The van der Waals surface area contributed by atoms with Gasteiger partial charge in [-0.05, 0) is 146 Å². The normalized spacial score (nSPS) is 34.4. The molecule has 0 aliphatic heterocycles. The van der Waals surface area contributed by atoms with Crippen molar-refractivity contribution in [2.75, 3.05) is 25.5 Å². The van der Waals surface area contributed by atoms with Crippen molar-refractivity contribution in [1.29, 1.82) is 0 Å². The number of hydrogen-bond acceptors (Lipinski definition) is 6. The molecule has 3 N–H and O–H groups in total. The Morgan fingerprint density at radius 3 is 2.48 bits per heavy atom. The number of hydrogen-bond donors (Lipinski definition) is 3. The predicted molar refractivity (Wildman–Crippen MR) is 197 cm³/mol. The Hall–Kier alpha value is -2.20. The lowest BCUT2D eigenvalue weighted by molar-refractivity contribution is -0.178. The van der Waals surface area contributed by atoms with Gasteiger partial charge in [-0.2, -0.15) is 8.42 Å². The van der Waals surface area contributed by atoms with E-state index in [-0.39, 0.29) is 29.4 Å². The summed E-state index contributed by atoms with van der Waals surface area (Å²) in [6, 6.07) is 14.7. The topological polar surface area (TPSA) is 122 Å². The summed E-state index contributed by atoms with van der Waals surface area (Å²) < 4.78 is 43.4. The van der Waals surface area contributed by atoms with Crippen LogP contribution in [0.2, 0.25) is 0 Å². The predicted octanol–water partition coefficient (Wildman–Crippen LogP) is 7.82. The molecule has 4 fully saturated rings. The second kappa shape index (κ2) is 15.8. The van der Waals surface area contributed by atoms with E-state index in [0.29, 0.717) is 48.0 Å². The first-order chi connectivity index (χ1) is 23.9. The first-order valence-corrected chi connectivity index (χ1v) is 21.1. The first-order valence-electron chi connectivity index (χ1n) is 19.5. The van der Waals surface area contributed by atoms with Gasteiger partial charge in [0.15, 0.2) is 0 Å². The molecule has 10 atom stereocenters. The summed E-state index contributed by atoms with van der Waals surface area (Å²) in [5, 5.41) is 16.9. The van der Waals surface area contributed by atoms with Crippen LogP contribution in [0.15, 0.2) is 42.5 Å². The summed E-state index contributed by atoms with van der Waals surface area (Å²) in [6.45, 7) is 8.73. The van der Waals surface area contributed by atoms with Crippen LogP contribution in [0.4, 0.5) is 0 Å². The van der Waals surface area contributed by atoms with Crippen LogP contribution in [0.3, 0.4) is 0 Å². The van der Waals surface area contributed by atoms with E-state index in [4.69, 9.17) is 14.0 Å². The molecule has 8 nitrogen and oxygen atoms in total. The molecule has 0 radical (unpaired) electrons. The fraction of sp³-hybridized carbons (Fsp3) is 0.732. The molecule has 278 valence electrons. The van der Waals surface area contributed by atoms with E-state index in [2.05, 4.69) is 68.6 Å². The summed E-state index contributed by atoms with van der Waals surface area (Å²) in [4.78, 5) is 12.4. The summed E-state index contributed by atoms with van der Waals surface area (Å²) in [7, 11) is -4.08. The van der Waals surface area contributed by atoms with Crippen LogP contribution in [0.1, 0.15) is 104 Å².